The van der Waals surface area contributed by atoms with E-state index in [1.54, 1.807) is 12.1 Å². The molecule has 0 unspecified atom stereocenters. The van der Waals surface area contributed by atoms with E-state index in [2.05, 4.69) is 22.0 Å². The number of nitrogens with zero attached hydrogens (tertiary/aromatic N) is 2. The van der Waals surface area contributed by atoms with Crippen molar-refractivity contribution >= 4 is 28.9 Å². The Morgan fingerprint density at radius 1 is 1.33 bits per heavy atom. The fourth-order valence-corrected chi connectivity index (χ4v) is 2.84. The van der Waals surface area contributed by atoms with Gasteiger partial charge >= 0.3 is 0 Å². The molecule has 21 heavy (non-hydrogen) atoms. The third-order valence-corrected chi connectivity index (χ3v) is 4.27. The molecule has 6 heteroatoms. The van der Waals surface area contributed by atoms with Crippen LogP contribution in [-0.4, -0.2) is 47.6 Å². The molecule has 0 bridgehead atoms. The van der Waals surface area contributed by atoms with E-state index in [4.69, 9.17) is 23.8 Å². The van der Waals surface area contributed by atoms with Gasteiger partial charge in [0.05, 0.1) is 5.02 Å². The Kier molecular flexibility index (Phi) is 6.21. The summed E-state index contributed by atoms with van der Waals surface area (Å²) in [7, 11) is 0. The molecule has 0 aliphatic carbocycles. The molecule has 1 aromatic carbocycles. The predicted molar refractivity (Wildman–Crippen MR) is 89.2 cm³/mol. The molecule has 0 aromatic heterocycles. The minimum absolute atomic E-state index is 0.191. The number of benzene rings is 1. The van der Waals surface area contributed by atoms with Gasteiger partial charge in [0, 0.05) is 39.3 Å². The van der Waals surface area contributed by atoms with Crippen LogP contribution >= 0.6 is 23.8 Å². The largest absolute Gasteiger partial charge is 0.363 e. The SMILES string of the molecule is CCCNC(=S)N1CCN(Cc2ccc(F)c(Cl)c2)CC1. The first-order valence-electron chi connectivity index (χ1n) is 7.29. The molecule has 1 heterocycles. The maximum atomic E-state index is 13.1. The number of hydrogen-bond donors (Lipinski definition) is 1. The van der Waals surface area contributed by atoms with Gasteiger partial charge in [-0.2, -0.15) is 0 Å². The van der Waals surface area contributed by atoms with Crippen molar-refractivity contribution in [2.75, 3.05) is 32.7 Å². The van der Waals surface area contributed by atoms with Gasteiger partial charge in [-0.15, -0.1) is 0 Å². The summed E-state index contributed by atoms with van der Waals surface area (Å²) in [6.45, 7) is 7.58. The maximum absolute atomic E-state index is 13.1. The second-order valence-corrected chi connectivity index (χ2v) is 6.04. The number of piperazine rings is 1. The van der Waals surface area contributed by atoms with Gasteiger partial charge in [-0.1, -0.05) is 24.6 Å². The van der Waals surface area contributed by atoms with Crippen LogP contribution in [0.15, 0.2) is 18.2 Å². The summed E-state index contributed by atoms with van der Waals surface area (Å²) in [5, 5.41) is 4.30. The van der Waals surface area contributed by atoms with E-state index in [1.807, 2.05) is 0 Å². The van der Waals surface area contributed by atoms with Crippen LogP contribution in [-0.2, 0) is 6.54 Å². The molecule has 1 aromatic rings. The molecule has 0 spiro atoms. The second kappa shape index (κ2) is 7.92. The Morgan fingerprint density at radius 2 is 2.05 bits per heavy atom. The quantitative estimate of drug-likeness (QED) is 0.856. The third-order valence-electron chi connectivity index (χ3n) is 3.58. The van der Waals surface area contributed by atoms with Gasteiger partial charge in [-0.3, -0.25) is 4.90 Å². The molecule has 3 nitrogen and oxygen atoms in total. The maximum Gasteiger partial charge on any atom is 0.169 e. The monoisotopic (exact) mass is 329 g/mol. The number of thiocarbonyl (C=S) groups is 1. The highest BCUT2D eigenvalue weighted by molar-refractivity contribution is 7.80. The van der Waals surface area contributed by atoms with E-state index < -0.39 is 0 Å². The lowest BCUT2D eigenvalue weighted by molar-refractivity contribution is 0.174. The molecule has 0 atom stereocenters. The molecular formula is C15H21ClFN3S. The summed E-state index contributed by atoms with van der Waals surface area (Å²) in [4.78, 5) is 4.54. The van der Waals surface area contributed by atoms with Crippen molar-refractivity contribution in [3.05, 3.63) is 34.6 Å². The smallest absolute Gasteiger partial charge is 0.169 e. The first kappa shape index (κ1) is 16.5. The molecule has 1 aliphatic heterocycles. The summed E-state index contributed by atoms with van der Waals surface area (Å²) in [6.07, 6.45) is 1.07. The summed E-state index contributed by atoms with van der Waals surface area (Å²) < 4.78 is 13.1. The van der Waals surface area contributed by atoms with Crippen molar-refractivity contribution < 1.29 is 4.39 Å². The molecule has 0 radical (unpaired) electrons. The highest BCUT2D eigenvalue weighted by Gasteiger charge is 2.18. The standard InChI is InChI=1S/C15H21ClFN3S/c1-2-5-18-15(21)20-8-6-19(7-9-20)11-12-3-4-14(17)13(16)10-12/h3-4,10H,2,5-9,11H2,1H3,(H,18,21). The Labute approximate surface area is 136 Å². The third kappa shape index (κ3) is 4.80. The summed E-state index contributed by atoms with van der Waals surface area (Å²) in [5.41, 5.74) is 1.04. The van der Waals surface area contributed by atoms with Crippen molar-refractivity contribution in [2.24, 2.45) is 0 Å². The van der Waals surface area contributed by atoms with Gasteiger partial charge in [-0.25, -0.2) is 4.39 Å². The molecule has 1 saturated heterocycles. The number of rotatable bonds is 4. The zero-order valence-corrected chi connectivity index (χ0v) is 13.8. The van der Waals surface area contributed by atoms with Crippen LogP contribution < -0.4 is 5.32 Å². The second-order valence-electron chi connectivity index (χ2n) is 5.24. The van der Waals surface area contributed by atoms with Crippen molar-refractivity contribution in [1.82, 2.24) is 15.1 Å². The van der Waals surface area contributed by atoms with Crippen molar-refractivity contribution in [2.45, 2.75) is 19.9 Å². The Hall–Kier alpha value is -0.910. The molecular weight excluding hydrogens is 309 g/mol. The average Bonchev–Trinajstić information content (AvgIpc) is 2.49. The van der Waals surface area contributed by atoms with Gasteiger partial charge < -0.3 is 10.2 Å². The topological polar surface area (TPSA) is 18.5 Å². The fourth-order valence-electron chi connectivity index (χ4n) is 2.35. The molecule has 1 fully saturated rings. The Bertz CT molecular complexity index is 490. The van der Waals surface area contributed by atoms with Crippen LogP contribution in [0, 0.1) is 5.82 Å². The fraction of sp³-hybridized carbons (Fsp3) is 0.533. The Morgan fingerprint density at radius 3 is 2.67 bits per heavy atom. The molecule has 116 valence electrons. The van der Waals surface area contributed by atoms with Gasteiger partial charge in [0.1, 0.15) is 5.82 Å². The number of nitrogens with one attached hydrogen (secondary N) is 1. The zero-order chi connectivity index (χ0) is 15.2. The van der Waals surface area contributed by atoms with Crippen LogP contribution in [0.1, 0.15) is 18.9 Å². The van der Waals surface area contributed by atoms with E-state index in [9.17, 15) is 4.39 Å². The predicted octanol–water partition coefficient (Wildman–Crippen LogP) is 2.88. The molecule has 1 N–H and O–H groups in total. The Balaban J connectivity index is 1.81. The highest BCUT2D eigenvalue weighted by Crippen LogP contribution is 2.17. The summed E-state index contributed by atoms with van der Waals surface area (Å²) >= 11 is 11.2. The van der Waals surface area contributed by atoms with Crippen LogP contribution in [0.5, 0.6) is 0 Å². The average molecular weight is 330 g/mol. The number of hydrogen-bond acceptors (Lipinski definition) is 2. The van der Waals surface area contributed by atoms with Crippen LogP contribution in [0.4, 0.5) is 4.39 Å². The minimum Gasteiger partial charge on any atom is -0.363 e. The van der Waals surface area contributed by atoms with Crippen LogP contribution in [0.3, 0.4) is 0 Å². The van der Waals surface area contributed by atoms with Gasteiger partial charge in [0.15, 0.2) is 5.11 Å². The lowest BCUT2D eigenvalue weighted by Crippen LogP contribution is -2.51. The van der Waals surface area contributed by atoms with E-state index >= 15 is 0 Å². The van der Waals surface area contributed by atoms with Crippen LogP contribution in [0.25, 0.3) is 0 Å². The molecule has 0 amide bonds. The van der Waals surface area contributed by atoms with Gasteiger partial charge in [0.2, 0.25) is 0 Å². The molecule has 0 saturated carbocycles. The van der Waals surface area contributed by atoms with E-state index in [0.29, 0.717) is 0 Å². The molecule has 2 rings (SSSR count). The highest BCUT2D eigenvalue weighted by atomic mass is 35.5. The van der Waals surface area contributed by atoms with Gasteiger partial charge in [0.25, 0.3) is 0 Å². The first-order valence-corrected chi connectivity index (χ1v) is 8.08. The van der Waals surface area contributed by atoms with Crippen molar-refractivity contribution in [3.8, 4) is 0 Å². The lowest BCUT2D eigenvalue weighted by Gasteiger charge is -2.36. The zero-order valence-electron chi connectivity index (χ0n) is 12.2. The van der Waals surface area contributed by atoms with Gasteiger partial charge in [-0.05, 0) is 36.3 Å². The minimum atomic E-state index is -0.363. The number of halogens is 2. The van der Waals surface area contributed by atoms with Crippen molar-refractivity contribution in [3.63, 3.8) is 0 Å². The van der Waals surface area contributed by atoms with Crippen molar-refractivity contribution in [1.29, 1.82) is 0 Å². The van der Waals surface area contributed by atoms with E-state index in [1.165, 1.54) is 6.07 Å². The molecule has 1 aliphatic rings. The summed E-state index contributed by atoms with van der Waals surface area (Å²) in [5.74, 6) is -0.363. The van der Waals surface area contributed by atoms with E-state index in [0.717, 1.165) is 56.4 Å². The normalized spacial score (nSPS) is 16.0. The lowest BCUT2D eigenvalue weighted by atomic mass is 10.2. The first-order chi connectivity index (χ1) is 10.1. The van der Waals surface area contributed by atoms with E-state index in [-0.39, 0.29) is 10.8 Å². The van der Waals surface area contributed by atoms with Crippen LogP contribution in [0.2, 0.25) is 5.02 Å². The summed E-state index contributed by atoms with van der Waals surface area (Å²) in [6, 6.07) is 4.93.